The summed E-state index contributed by atoms with van der Waals surface area (Å²) in [5, 5.41) is 45.7. The summed E-state index contributed by atoms with van der Waals surface area (Å²) in [6.45, 7) is 0.503. The second-order valence-electron chi connectivity index (χ2n) is 5.94. The van der Waals surface area contributed by atoms with Gasteiger partial charge < -0.3 is 41.6 Å². The van der Waals surface area contributed by atoms with Gasteiger partial charge in [-0.2, -0.15) is 12.6 Å². The minimum atomic E-state index is -2.27. The number of hydrogen-bond donors (Lipinski definition) is 9. The number of benzene rings is 1. The Labute approximate surface area is 170 Å². The number of nitrogens with one attached hydrogen (secondary N) is 2. The highest BCUT2D eigenvalue weighted by atomic mass is 32.1. The van der Waals surface area contributed by atoms with Crippen molar-refractivity contribution in [1.82, 2.24) is 10.3 Å². The van der Waals surface area contributed by atoms with Crippen LogP contribution in [0.4, 0.5) is 0 Å². The van der Waals surface area contributed by atoms with Crippen LogP contribution in [0.2, 0.25) is 0 Å². The zero-order chi connectivity index (χ0) is 22.1. The number of hydrogen-bond acceptors (Lipinski definition) is 8. The van der Waals surface area contributed by atoms with Crippen molar-refractivity contribution in [3.63, 3.8) is 0 Å². The number of carboxylic acids is 2. The van der Waals surface area contributed by atoms with Crippen LogP contribution in [-0.2, 0) is 20.8 Å². The van der Waals surface area contributed by atoms with Gasteiger partial charge in [0.25, 0.3) is 0 Å². The number of aliphatic carboxylic acids is 2. The number of amides is 1. The fraction of sp³-hybridized carbons (Fsp3) is 0.353. The van der Waals surface area contributed by atoms with E-state index in [0.717, 1.165) is 16.5 Å². The largest absolute Gasteiger partial charge is 0.508 e. The average molecular weight is 429 g/mol. The molecule has 0 saturated carbocycles. The van der Waals surface area contributed by atoms with E-state index in [1.807, 2.05) is 12.3 Å². The lowest BCUT2D eigenvalue weighted by Gasteiger charge is -2.09. The molecule has 0 aliphatic carbocycles. The Balaban J connectivity index is 0.000000359. The van der Waals surface area contributed by atoms with Crippen LogP contribution in [0.3, 0.4) is 0 Å². The first-order valence-corrected chi connectivity index (χ1v) is 8.96. The highest BCUT2D eigenvalue weighted by Gasteiger charge is 2.29. The number of fused-ring (bicyclic) bond motifs is 1. The minimum Gasteiger partial charge on any atom is -0.508 e. The lowest BCUT2D eigenvalue weighted by molar-refractivity contribution is -0.165. The number of aromatic amines is 1. The van der Waals surface area contributed by atoms with Crippen LogP contribution in [0.1, 0.15) is 5.56 Å². The van der Waals surface area contributed by atoms with Crippen molar-refractivity contribution >= 4 is 41.4 Å². The van der Waals surface area contributed by atoms with Gasteiger partial charge in [0.2, 0.25) is 5.91 Å². The molecule has 1 heterocycles. The minimum absolute atomic E-state index is 0.197. The molecule has 0 fully saturated rings. The topological polar surface area (TPSA) is 206 Å². The number of aromatic hydroxyl groups is 1. The number of H-pyrrole nitrogens is 1. The van der Waals surface area contributed by atoms with Crippen LogP contribution in [-0.4, -0.2) is 78.9 Å². The molecule has 0 aliphatic heterocycles. The number of aliphatic hydroxyl groups excluding tert-OH is 2. The van der Waals surface area contributed by atoms with Crippen molar-refractivity contribution in [3.8, 4) is 5.75 Å². The van der Waals surface area contributed by atoms with E-state index in [2.05, 4.69) is 22.9 Å². The smallest absolute Gasteiger partial charge is 0.335 e. The van der Waals surface area contributed by atoms with Crippen LogP contribution >= 0.6 is 12.6 Å². The molecule has 1 amide bonds. The SMILES string of the molecule is N[C@@H](CS)C(=O)NCCc1c[nH]c2ccc(O)cc12.O=C(O)[C@H](O)[C@@H](O)C(=O)O. The monoisotopic (exact) mass is 429 g/mol. The highest BCUT2D eigenvalue weighted by Crippen LogP contribution is 2.22. The summed E-state index contributed by atoms with van der Waals surface area (Å²) in [5.74, 6) is -3.18. The summed E-state index contributed by atoms with van der Waals surface area (Å²) in [4.78, 5) is 34.2. The van der Waals surface area contributed by atoms with E-state index < -0.39 is 30.2 Å². The third-order valence-corrected chi connectivity index (χ3v) is 4.18. The van der Waals surface area contributed by atoms with Crippen LogP contribution in [0.5, 0.6) is 5.75 Å². The summed E-state index contributed by atoms with van der Waals surface area (Å²) in [5.41, 5.74) is 7.57. The average Bonchev–Trinajstić information content (AvgIpc) is 3.08. The summed E-state index contributed by atoms with van der Waals surface area (Å²) in [6.07, 6.45) is -1.97. The zero-order valence-electron chi connectivity index (χ0n) is 15.1. The van der Waals surface area contributed by atoms with Crippen molar-refractivity contribution in [2.24, 2.45) is 5.73 Å². The Bertz CT molecular complexity index is 838. The Kier molecular flexibility index (Phi) is 9.41. The summed E-state index contributed by atoms with van der Waals surface area (Å²) in [7, 11) is 0. The first kappa shape index (κ1) is 24.2. The van der Waals surface area contributed by atoms with Crippen molar-refractivity contribution in [1.29, 1.82) is 0 Å². The molecule has 2 aromatic rings. The van der Waals surface area contributed by atoms with E-state index in [4.69, 9.17) is 26.2 Å². The number of thiol groups is 1. The van der Waals surface area contributed by atoms with Gasteiger partial charge in [0.05, 0.1) is 6.04 Å². The number of aliphatic hydroxyl groups is 2. The molecule has 3 atom stereocenters. The summed E-state index contributed by atoms with van der Waals surface area (Å²) in [6, 6.07) is 4.60. The summed E-state index contributed by atoms with van der Waals surface area (Å²) < 4.78 is 0. The van der Waals surface area contributed by atoms with Gasteiger partial charge in [0.15, 0.2) is 12.2 Å². The molecule has 11 nitrogen and oxygen atoms in total. The maximum absolute atomic E-state index is 11.5. The maximum Gasteiger partial charge on any atom is 0.335 e. The third kappa shape index (κ3) is 7.27. The second-order valence-corrected chi connectivity index (χ2v) is 6.31. The number of carbonyl (C=O) groups excluding carboxylic acids is 1. The first-order valence-electron chi connectivity index (χ1n) is 8.33. The van der Waals surface area contributed by atoms with Gasteiger partial charge in [-0.25, -0.2) is 9.59 Å². The number of aromatic nitrogens is 1. The van der Waals surface area contributed by atoms with Crippen LogP contribution in [0, 0.1) is 0 Å². The Morgan fingerprint density at radius 3 is 2.24 bits per heavy atom. The molecule has 9 N–H and O–H groups in total. The molecule has 2 rings (SSSR count). The van der Waals surface area contributed by atoms with E-state index in [0.29, 0.717) is 18.7 Å². The van der Waals surface area contributed by atoms with Gasteiger partial charge in [0, 0.05) is 29.4 Å². The fourth-order valence-corrected chi connectivity index (χ4v) is 2.34. The van der Waals surface area contributed by atoms with Crippen LogP contribution in [0.15, 0.2) is 24.4 Å². The molecule has 12 heteroatoms. The van der Waals surface area contributed by atoms with Crippen molar-refractivity contribution in [3.05, 3.63) is 30.0 Å². The number of phenolic OH excluding ortho intramolecular Hbond substituents is 1. The van der Waals surface area contributed by atoms with Gasteiger partial charge >= 0.3 is 11.9 Å². The highest BCUT2D eigenvalue weighted by molar-refractivity contribution is 7.80. The lowest BCUT2D eigenvalue weighted by Crippen LogP contribution is -2.42. The van der Waals surface area contributed by atoms with Crippen LogP contribution < -0.4 is 11.1 Å². The van der Waals surface area contributed by atoms with Gasteiger partial charge in [-0.15, -0.1) is 0 Å². The maximum atomic E-state index is 11.5. The number of nitrogens with two attached hydrogens (primary N) is 1. The number of carbonyl (C=O) groups is 3. The van der Waals surface area contributed by atoms with Gasteiger partial charge in [0.1, 0.15) is 5.75 Å². The number of carboxylic acid groups (broad SMARTS) is 2. The number of rotatable bonds is 8. The molecule has 0 saturated heterocycles. The van der Waals surface area contributed by atoms with E-state index >= 15 is 0 Å². The molecule has 0 radical (unpaired) electrons. The van der Waals surface area contributed by atoms with Gasteiger partial charge in [-0.1, -0.05) is 0 Å². The summed E-state index contributed by atoms with van der Waals surface area (Å²) >= 11 is 3.98. The molecule has 0 unspecified atom stereocenters. The third-order valence-electron chi connectivity index (χ3n) is 3.78. The van der Waals surface area contributed by atoms with Crippen molar-refractivity contribution in [2.75, 3.05) is 12.3 Å². The Hall–Kier alpha value is -2.80. The molecule has 1 aromatic heterocycles. The normalized spacial score (nSPS) is 13.7. The Morgan fingerprint density at radius 2 is 1.72 bits per heavy atom. The van der Waals surface area contributed by atoms with E-state index in [9.17, 15) is 19.5 Å². The molecule has 29 heavy (non-hydrogen) atoms. The van der Waals surface area contributed by atoms with Crippen LogP contribution in [0.25, 0.3) is 10.9 Å². The zero-order valence-corrected chi connectivity index (χ0v) is 16.0. The lowest BCUT2D eigenvalue weighted by atomic mass is 10.1. The molecule has 0 bridgehead atoms. The molecule has 160 valence electrons. The predicted molar refractivity (Wildman–Crippen MR) is 106 cm³/mol. The van der Waals surface area contributed by atoms with Crippen molar-refractivity contribution < 1.29 is 39.9 Å². The molecule has 0 aliphatic rings. The van der Waals surface area contributed by atoms with E-state index in [1.54, 1.807) is 12.1 Å². The molecular weight excluding hydrogens is 406 g/mol. The molecule has 1 aromatic carbocycles. The number of phenols is 1. The Morgan fingerprint density at radius 1 is 1.14 bits per heavy atom. The van der Waals surface area contributed by atoms with E-state index in [1.165, 1.54) is 0 Å². The van der Waals surface area contributed by atoms with Gasteiger partial charge in [-0.3, -0.25) is 4.79 Å². The van der Waals surface area contributed by atoms with Crippen molar-refractivity contribution in [2.45, 2.75) is 24.7 Å². The quantitative estimate of drug-likeness (QED) is 0.227. The second kappa shape index (κ2) is 11.3. The molecule has 0 spiro atoms. The standard InChI is InChI=1S/C13H17N3O2S.C4H6O6/c14-11(7-19)13(18)15-4-3-8-6-16-12-2-1-9(17)5-10(8)12;5-1(3(7)8)2(6)4(9)10/h1-2,5-6,11,16-17,19H,3-4,7,14H2,(H,15,18);1-2,5-6H,(H,7,8)(H,9,10)/t11-;1-,2-/m01/s1. The molecular formula is C17H23N3O8S. The van der Waals surface area contributed by atoms with E-state index in [-0.39, 0.29) is 11.7 Å². The predicted octanol–water partition coefficient (Wildman–Crippen LogP) is -1.33. The fourth-order valence-electron chi connectivity index (χ4n) is 2.18. The van der Waals surface area contributed by atoms with Gasteiger partial charge in [-0.05, 0) is 30.2 Å². The first-order chi connectivity index (χ1) is 13.6.